The normalized spacial score (nSPS) is 11.5. The second-order valence-electron chi connectivity index (χ2n) is 4.57. The summed E-state index contributed by atoms with van der Waals surface area (Å²) in [4.78, 5) is 0. The molecule has 1 aromatic carbocycles. The molecule has 0 amide bonds. The first-order valence-electron chi connectivity index (χ1n) is 6.10. The molecule has 2 aromatic rings. The number of nitrogens with zero attached hydrogens (tertiary/aromatic N) is 1. The first-order chi connectivity index (χ1) is 8.13. The number of nitrogens with two attached hydrogens (primary N) is 1. The van der Waals surface area contributed by atoms with Crippen LogP contribution in [0.25, 0.3) is 10.9 Å². The van der Waals surface area contributed by atoms with Crippen LogP contribution in [0.1, 0.15) is 32.4 Å². The van der Waals surface area contributed by atoms with Gasteiger partial charge in [-0.1, -0.05) is 6.92 Å². The molecular formula is C14H20N2S. The Hall–Kier alpha value is -1.09. The van der Waals surface area contributed by atoms with Gasteiger partial charge in [0.1, 0.15) is 0 Å². The fourth-order valence-electron chi connectivity index (χ4n) is 2.10. The van der Waals surface area contributed by atoms with Gasteiger partial charge in [-0.15, -0.1) is 0 Å². The van der Waals surface area contributed by atoms with Crippen molar-refractivity contribution in [3.05, 3.63) is 30.0 Å². The maximum absolute atomic E-state index is 5.89. The van der Waals surface area contributed by atoms with Gasteiger partial charge in [-0.25, -0.2) is 0 Å². The average molecular weight is 248 g/mol. The standard InChI is InChI=1S/C14H20N2S/c1-4-17-9-11-8-16(10(2)3)14-6-5-12(15)7-13(11)14/h5-8,10H,4,9,15H2,1-3H3. The van der Waals surface area contributed by atoms with Crippen molar-refractivity contribution < 1.29 is 0 Å². The molecule has 1 heterocycles. The molecular weight excluding hydrogens is 228 g/mol. The highest BCUT2D eigenvalue weighted by Gasteiger charge is 2.10. The van der Waals surface area contributed by atoms with E-state index in [4.69, 9.17) is 5.73 Å². The minimum atomic E-state index is 0.488. The van der Waals surface area contributed by atoms with Crippen LogP contribution in [0.3, 0.4) is 0 Å². The molecule has 1 aromatic heterocycles. The maximum atomic E-state index is 5.89. The number of hydrogen-bond donors (Lipinski definition) is 1. The number of fused-ring (bicyclic) bond motifs is 1. The number of anilines is 1. The molecule has 2 nitrogen and oxygen atoms in total. The minimum absolute atomic E-state index is 0.488. The molecule has 0 aliphatic rings. The highest BCUT2D eigenvalue weighted by Crippen LogP contribution is 2.29. The van der Waals surface area contributed by atoms with Crippen molar-refractivity contribution in [1.82, 2.24) is 4.57 Å². The summed E-state index contributed by atoms with van der Waals surface area (Å²) in [7, 11) is 0. The van der Waals surface area contributed by atoms with Crippen LogP contribution in [0.2, 0.25) is 0 Å². The Morgan fingerprint density at radius 2 is 2.12 bits per heavy atom. The van der Waals surface area contributed by atoms with E-state index in [-0.39, 0.29) is 0 Å². The number of thioether (sulfide) groups is 1. The summed E-state index contributed by atoms with van der Waals surface area (Å²) in [5.74, 6) is 2.22. The molecule has 0 bridgehead atoms. The zero-order valence-corrected chi connectivity index (χ0v) is 11.6. The van der Waals surface area contributed by atoms with Crippen LogP contribution in [-0.4, -0.2) is 10.3 Å². The number of nitrogen functional groups attached to an aromatic ring is 1. The highest BCUT2D eigenvalue weighted by atomic mass is 32.2. The molecule has 2 N–H and O–H groups in total. The molecule has 2 rings (SSSR count). The summed E-state index contributed by atoms with van der Waals surface area (Å²) in [6.07, 6.45) is 2.28. The van der Waals surface area contributed by atoms with E-state index in [1.54, 1.807) is 0 Å². The fourth-order valence-corrected chi connectivity index (χ4v) is 2.75. The molecule has 0 aliphatic heterocycles. The van der Waals surface area contributed by atoms with Crippen molar-refractivity contribution >= 4 is 28.4 Å². The Balaban J connectivity index is 2.54. The van der Waals surface area contributed by atoms with Gasteiger partial charge in [0.15, 0.2) is 0 Å². The molecule has 0 radical (unpaired) electrons. The Kier molecular flexibility index (Phi) is 3.67. The van der Waals surface area contributed by atoms with E-state index in [0.717, 1.165) is 17.2 Å². The summed E-state index contributed by atoms with van der Waals surface area (Å²) >= 11 is 1.95. The Bertz CT molecular complexity index is 514. The van der Waals surface area contributed by atoms with Crippen molar-refractivity contribution in [3.8, 4) is 0 Å². The average Bonchev–Trinajstić information content (AvgIpc) is 2.64. The van der Waals surface area contributed by atoms with Gasteiger partial charge in [-0.2, -0.15) is 11.8 Å². The lowest BCUT2D eigenvalue weighted by Gasteiger charge is -2.08. The maximum Gasteiger partial charge on any atom is 0.0487 e. The summed E-state index contributed by atoms with van der Waals surface area (Å²) in [5, 5.41) is 1.31. The summed E-state index contributed by atoms with van der Waals surface area (Å²) in [6, 6.07) is 6.70. The van der Waals surface area contributed by atoms with Crippen LogP contribution < -0.4 is 5.73 Å². The number of hydrogen-bond acceptors (Lipinski definition) is 2. The van der Waals surface area contributed by atoms with Crippen LogP contribution in [-0.2, 0) is 5.75 Å². The van der Waals surface area contributed by atoms with E-state index in [1.165, 1.54) is 16.5 Å². The van der Waals surface area contributed by atoms with Crippen molar-refractivity contribution in [2.24, 2.45) is 0 Å². The van der Waals surface area contributed by atoms with Gasteiger partial charge in [0.2, 0.25) is 0 Å². The summed E-state index contributed by atoms with van der Waals surface area (Å²) in [6.45, 7) is 6.62. The number of rotatable bonds is 4. The predicted octanol–water partition coefficient (Wildman–Crippen LogP) is 4.06. The molecule has 0 atom stereocenters. The first kappa shape index (κ1) is 12.4. The molecule has 17 heavy (non-hydrogen) atoms. The van der Waals surface area contributed by atoms with Crippen LogP contribution in [0.4, 0.5) is 5.69 Å². The second-order valence-corrected chi connectivity index (χ2v) is 5.84. The quantitative estimate of drug-likeness (QED) is 0.827. The van der Waals surface area contributed by atoms with Gasteiger partial charge in [0, 0.05) is 34.6 Å². The van der Waals surface area contributed by atoms with Gasteiger partial charge >= 0.3 is 0 Å². The number of aromatic nitrogens is 1. The SMILES string of the molecule is CCSCc1cn(C(C)C)c2ccc(N)cc12. The lowest BCUT2D eigenvalue weighted by molar-refractivity contribution is 0.622. The molecule has 0 saturated carbocycles. The summed E-state index contributed by atoms with van der Waals surface area (Å²) in [5.41, 5.74) is 9.43. The van der Waals surface area contributed by atoms with Crippen molar-refractivity contribution in [2.75, 3.05) is 11.5 Å². The fraction of sp³-hybridized carbons (Fsp3) is 0.429. The first-order valence-corrected chi connectivity index (χ1v) is 7.25. The van der Waals surface area contributed by atoms with E-state index in [0.29, 0.717) is 6.04 Å². The zero-order chi connectivity index (χ0) is 12.4. The van der Waals surface area contributed by atoms with E-state index >= 15 is 0 Å². The molecule has 3 heteroatoms. The summed E-state index contributed by atoms with van der Waals surface area (Å²) < 4.78 is 2.33. The topological polar surface area (TPSA) is 30.9 Å². The van der Waals surface area contributed by atoms with Crippen LogP contribution in [0.15, 0.2) is 24.4 Å². The third kappa shape index (κ3) is 2.44. The van der Waals surface area contributed by atoms with Crippen molar-refractivity contribution in [2.45, 2.75) is 32.6 Å². The molecule has 0 saturated heterocycles. The Morgan fingerprint density at radius 1 is 1.35 bits per heavy atom. The largest absolute Gasteiger partial charge is 0.399 e. The monoisotopic (exact) mass is 248 g/mol. The van der Waals surface area contributed by atoms with Crippen molar-refractivity contribution in [1.29, 1.82) is 0 Å². The van der Waals surface area contributed by atoms with Crippen LogP contribution in [0, 0.1) is 0 Å². The van der Waals surface area contributed by atoms with Gasteiger partial charge in [-0.3, -0.25) is 0 Å². The zero-order valence-electron chi connectivity index (χ0n) is 10.7. The predicted molar refractivity (Wildman–Crippen MR) is 78.6 cm³/mol. The Morgan fingerprint density at radius 3 is 2.76 bits per heavy atom. The van der Waals surface area contributed by atoms with E-state index < -0.39 is 0 Å². The Labute approximate surface area is 107 Å². The second kappa shape index (κ2) is 5.05. The molecule has 0 fully saturated rings. The molecule has 92 valence electrons. The lowest BCUT2D eigenvalue weighted by Crippen LogP contribution is -1.98. The van der Waals surface area contributed by atoms with Crippen LogP contribution >= 0.6 is 11.8 Å². The molecule has 0 unspecified atom stereocenters. The molecule has 0 spiro atoms. The van der Waals surface area contributed by atoms with Crippen molar-refractivity contribution in [3.63, 3.8) is 0 Å². The highest BCUT2D eigenvalue weighted by molar-refractivity contribution is 7.98. The van der Waals surface area contributed by atoms with E-state index in [9.17, 15) is 0 Å². The van der Waals surface area contributed by atoms with Gasteiger partial charge < -0.3 is 10.3 Å². The third-order valence-electron chi connectivity index (χ3n) is 2.96. The van der Waals surface area contributed by atoms with E-state index in [1.807, 2.05) is 17.8 Å². The van der Waals surface area contributed by atoms with E-state index in [2.05, 4.69) is 43.7 Å². The van der Waals surface area contributed by atoms with Gasteiger partial charge in [-0.05, 0) is 43.4 Å². The third-order valence-corrected chi connectivity index (χ3v) is 3.88. The number of benzene rings is 1. The smallest absolute Gasteiger partial charge is 0.0487 e. The van der Waals surface area contributed by atoms with Crippen LogP contribution in [0.5, 0.6) is 0 Å². The molecule has 0 aliphatic carbocycles. The van der Waals surface area contributed by atoms with Gasteiger partial charge in [0.05, 0.1) is 0 Å². The minimum Gasteiger partial charge on any atom is -0.399 e. The lowest BCUT2D eigenvalue weighted by atomic mass is 10.2. The van der Waals surface area contributed by atoms with Gasteiger partial charge in [0.25, 0.3) is 0 Å².